The molecule has 2 aromatic rings. The zero-order valence-corrected chi connectivity index (χ0v) is 10.8. The number of halogens is 1. The van der Waals surface area contributed by atoms with Gasteiger partial charge in [0.15, 0.2) is 0 Å². The fourth-order valence-electron chi connectivity index (χ4n) is 1.95. The van der Waals surface area contributed by atoms with E-state index < -0.39 is 0 Å². The Morgan fingerprint density at radius 2 is 2.24 bits per heavy atom. The highest BCUT2D eigenvalue weighted by Gasteiger charge is 2.11. The number of hydrogen-bond donors (Lipinski definition) is 1. The zero-order valence-electron chi connectivity index (χ0n) is 10.0. The number of aromatic nitrogens is 2. The van der Waals surface area contributed by atoms with E-state index in [9.17, 15) is 0 Å². The van der Waals surface area contributed by atoms with Gasteiger partial charge in [-0.15, -0.1) is 0 Å². The minimum Gasteiger partial charge on any atom is -0.324 e. The summed E-state index contributed by atoms with van der Waals surface area (Å²) in [5.41, 5.74) is 9.62. The first-order valence-corrected chi connectivity index (χ1v) is 5.93. The number of rotatable bonds is 3. The molecule has 2 N–H and O–H groups in total. The van der Waals surface area contributed by atoms with Crippen molar-refractivity contribution in [2.24, 2.45) is 12.8 Å². The van der Waals surface area contributed by atoms with Crippen molar-refractivity contribution in [2.45, 2.75) is 19.4 Å². The van der Waals surface area contributed by atoms with E-state index in [1.807, 2.05) is 37.6 Å². The molecule has 0 radical (unpaired) electrons. The van der Waals surface area contributed by atoms with Crippen LogP contribution < -0.4 is 5.73 Å². The number of benzene rings is 1. The van der Waals surface area contributed by atoms with Crippen LogP contribution in [0.25, 0.3) is 0 Å². The first-order chi connectivity index (χ1) is 8.06. The van der Waals surface area contributed by atoms with E-state index >= 15 is 0 Å². The van der Waals surface area contributed by atoms with Crippen molar-refractivity contribution in [3.8, 4) is 0 Å². The quantitative estimate of drug-likeness (QED) is 0.909. The van der Waals surface area contributed by atoms with E-state index in [1.165, 1.54) is 5.56 Å². The molecule has 0 saturated carbocycles. The molecule has 1 aromatic carbocycles. The van der Waals surface area contributed by atoms with Crippen LogP contribution in [0.3, 0.4) is 0 Å². The van der Waals surface area contributed by atoms with Crippen LogP contribution in [-0.2, 0) is 13.5 Å². The lowest BCUT2D eigenvalue weighted by molar-refractivity contribution is 0.714. The third-order valence-corrected chi connectivity index (χ3v) is 3.09. The monoisotopic (exact) mass is 249 g/mol. The van der Waals surface area contributed by atoms with Gasteiger partial charge in [0.2, 0.25) is 0 Å². The van der Waals surface area contributed by atoms with Gasteiger partial charge in [-0.2, -0.15) is 5.10 Å². The summed E-state index contributed by atoms with van der Waals surface area (Å²) in [5.74, 6) is 0. The van der Waals surface area contributed by atoms with E-state index in [0.717, 1.165) is 22.6 Å². The Hall–Kier alpha value is -1.32. The molecule has 0 fully saturated rings. The average Bonchev–Trinajstić information content (AvgIpc) is 2.67. The number of nitrogens with two attached hydrogens (primary N) is 1. The average molecular weight is 250 g/mol. The Morgan fingerprint density at radius 1 is 1.47 bits per heavy atom. The van der Waals surface area contributed by atoms with Crippen LogP contribution in [0.15, 0.2) is 30.6 Å². The van der Waals surface area contributed by atoms with E-state index in [0.29, 0.717) is 0 Å². The van der Waals surface area contributed by atoms with Crippen molar-refractivity contribution >= 4 is 11.6 Å². The van der Waals surface area contributed by atoms with Crippen LogP contribution in [0.2, 0.25) is 5.02 Å². The lowest BCUT2D eigenvalue weighted by Crippen LogP contribution is -2.14. The van der Waals surface area contributed by atoms with Gasteiger partial charge in [-0.05, 0) is 42.2 Å². The molecule has 1 unspecified atom stereocenters. The van der Waals surface area contributed by atoms with Crippen molar-refractivity contribution in [1.82, 2.24) is 9.78 Å². The largest absolute Gasteiger partial charge is 0.324 e. The number of aryl methyl sites for hydroxylation is 2. The van der Waals surface area contributed by atoms with Gasteiger partial charge in [-0.1, -0.05) is 17.7 Å². The standard InChI is InChI=1S/C13H16ClN3/c1-9-3-4-11(14)6-12(9)13(15)5-10-7-16-17(2)8-10/h3-4,6-8,13H,5,15H2,1-2H3. The van der Waals surface area contributed by atoms with E-state index in [1.54, 1.807) is 4.68 Å². The first-order valence-electron chi connectivity index (χ1n) is 5.55. The zero-order chi connectivity index (χ0) is 12.4. The third kappa shape index (κ3) is 2.87. The van der Waals surface area contributed by atoms with Gasteiger partial charge >= 0.3 is 0 Å². The van der Waals surface area contributed by atoms with Crippen LogP contribution >= 0.6 is 11.6 Å². The maximum atomic E-state index is 6.21. The molecule has 90 valence electrons. The van der Waals surface area contributed by atoms with Gasteiger partial charge in [0.25, 0.3) is 0 Å². The summed E-state index contributed by atoms with van der Waals surface area (Å²) >= 11 is 6.00. The lowest BCUT2D eigenvalue weighted by Gasteiger charge is -2.14. The Kier molecular flexibility index (Phi) is 3.50. The second-order valence-corrected chi connectivity index (χ2v) is 4.77. The fraction of sp³-hybridized carbons (Fsp3) is 0.308. The maximum Gasteiger partial charge on any atom is 0.0522 e. The van der Waals surface area contributed by atoms with Crippen molar-refractivity contribution in [3.05, 3.63) is 52.3 Å². The van der Waals surface area contributed by atoms with Crippen LogP contribution in [-0.4, -0.2) is 9.78 Å². The Bertz CT molecular complexity index is 519. The van der Waals surface area contributed by atoms with Crippen molar-refractivity contribution < 1.29 is 0 Å². The molecular formula is C13H16ClN3. The topological polar surface area (TPSA) is 43.8 Å². The molecule has 0 spiro atoms. The molecule has 2 rings (SSSR count). The van der Waals surface area contributed by atoms with E-state index in [2.05, 4.69) is 12.0 Å². The molecule has 0 amide bonds. The molecule has 0 aliphatic heterocycles. The molecular weight excluding hydrogens is 234 g/mol. The van der Waals surface area contributed by atoms with Crippen LogP contribution in [0.1, 0.15) is 22.7 Å². The fourth-order valence-corrected chi connectivity index (χ4v) is 2.13. The van der Waals surface area contributed by atoms with Gasteiger partial charge < -0.3 is 5.73 Å². The Morgan fingerprint density at radius 3 is 2.88 bits per heavy atom. The van der Waals surface area contributed by atoms with Gasteiger partial charge in [0, 0.05) is 24.3 Å². The summed E-state index contributed by atoms with van der Waals surface area (Å²) in [6.07, 6.45) is 4.61. The van der Waals surface area contributed by atoms with Crippen molar-refractivity contribution in [3.63, 3.8) is 0 Å². The van der Waals surface area contributed by atoms with Crippen molar-refractivity contribution in [1.29, 1.82) is 0 Å². The molecule has 0 saturated heterocycles. The van der Waals surface area contributed by atoms with Gasteiger partial charge in [0.1, 0.15) is 0 Å². The molecule has 0 bridgehead atoms. The SMILES string of the molecule is Cc1ccc(Cl)cc1C(N)Cc1cnn(C)c1. The molecule has 1 aromatic heterocycles. The molecule has 1 atom stereocenters. The molecule has 17 heavy (non-hydrogen) atoms. The molecule has 4 heteroatoms. The predicted molar refractivity (Wildman–Crippen MR) is 70.0 cm³/mol. The summed E-state index contributed by atoms with van der Waals surface area (Å²) in [7, 11) is 1.90. The highest BCUT2D eigenvalue weighted by Crippen LogP contribution is 2.23. The van der Waals surface area contributed by atoms with Crippen LogP contribution in [0.5, 0.6) is 0 Å². The summed E-state index contributed by atoms with van der Waals surface area (Å²) in [5, 5.41) is 4.87. The summed E-state index contributed by atoms with van der Waals surface area (Å²) in [6, 6.07) is 5.79. The van der Waals surface area contributed by atoms with Crippen molar-refractivity contribution in [2.75, 3.05) is 0 Å². The summed E-state index contributed by atoms with van der Waals surface area (Å²) in [4.78, 5) is 0. The van der Waals surface area contributed by atoms with Crippen LogP contribution in [0, 0.1) is 6.92 Å². The van der Waals surface area contributed by atoms with Crippen LogP contribution in [0.4, 0.5) is 0 Å². The first kappa shape index (κ1) is 12.1. The molecule has 0 aliphatic carbocycles. The molecule has 0 aliphatic rings. The highest BCUT2D eigenvalue weighted by molar-refractivity contribution is 6.30. The third-order valence-electron chi connectivity index (χ3n) is 2.85. The number of hydrogen-bond acceptors (Lipinski definition) is 2. The van der Waals surface area contributed by atoms with Gasteiger partial charge in [-0.3, -0.25) is 4.68 Å². The minimum atomic E-state index is -0.0436. The smallest absolute Gasteiger partial charge is 0.0522 e. The molecule has 3 nitrogen and oxygen atoms in total. The minimum absolute atomic E-state index is 0.0436. The Labute approximate surface area is 106 Å². The van der Waals surface area contributed by atoms with E-state index in [-0.39, 0.29) is 6.04 Å². The lowest BCUT2D eigenvalue weighted by atomic mass is 9.97. The van der Waals surface area contributed by atoms with Gasteiger partial charge in [0.05, 0.1) is 6.20 Å². The second-order valence-electron chi connectivity index (χ2n) is 4.33. The highest BCUT2D eigenvalue weighted by atomic mass is 35.5. The second kappa shape index (κ2) is 4.90. The predicted octanol–water partition coefficient (Wildman–Crippen LogP) is 2.62. The van der Waals surface area contributed by atoms with Gasteiger partial charge in [-0.25, -0.2) is 0 Å². The Balaban J connectivity index is 2.19. The summed E-state index contributed by atoms with van der Waals surface area (Å²) in [6.45, 7) is 2.05. The number of nitrogens with zero attached hydrogens (tertiary/aromatic N) is 2. The molecule has 1 heterocycles. The maximum absolute atomic E-state index is 6.21. The van der Waals surface area contributed by atoms with E-state index in [4.69, 9.17) is 17.3 Å². The summed E-state index contributed by atoms with van der Waals surface area (Å²) < 4.78 is 1.78. The normalized spacial score (nSPS) is 12.7.